The highest BCUT2D eigenvalue weighted by atomic mass is 14.7. The summed E-state index contributed by atoms with van der Waals surface area (Å²) in [6, 6.07) is 25.8. The molecule has 0 N–H and O–H groups in total. The third kappa shape index (κ3) is 4.47. The summed E-state index contributed by atoms with van der Waals surface area (Å²) < 4.78 is 0. The highest BCUT2D eigenvalue weighted by Gasteiger charge is 2.26. The van der Waals surface area contributed by atoms with Crippen LogP contribution in [0.4, 0.5) is 0 Å². The van der Waals surface area contributed by atoms with E-state index in [9.17, 15) is 0 Å². The molecule has 0 spiro atoms. The molecule has 1 aliphatic rings. The van der Waals surface area contributed by atoms with Crippen molar-refractivity contribution in [2.75, 3.05) is 0 Å². The summed E-state index contributed by atoms with van der Waals surface area (Å²) >= 11 is 0. The number of benzene rings is 2. The van der Waals surface area contributed by atoms with Crippen LogP contribution in [-0.2, 0) is 6.42 Å². The van der Waals surface area contributed by atoms with Crippen LogP contribution in [0.2, 0.25) is 0 Å². The summed E-state index contributed by atoms with van der Waals surface area (Å²) in [4.78, 5) is 4.99. The van der Waals surface area contributed by atoms with Crippen molar-refractivity contribution in [3.8, 4) is 22.4 Å². The summed E-state index contributed by atoms with van der Waals surface area (Å²) in [7, 11) is 0. The Labute approximate surface area is 163 Å². The van der Waals surface area contributed by atoms with Crippen LogP contribution in [0.25, 0.3) is 22.4 Å². The first-order valence-corrected chi connectivity index (χ1v) is 10.3. The van der Waals surface area contributed by atoms with Gasteiger partial charge in [-0.3, -0.25) is 4.98 Å². The van der Waals surface area contributed by atoms with Crippen LogP contribution in [0.15, 0.2) is 72.8 Å². The Balaban J connectivity index is 1.52. The molecule has 0 bridgehead atoms. The van der Waals surface area contributed by atoms with Gasteiger partial charge in [0.25, 0.3) is 0 Å². The Hall–Kier alpha value is -2.41. The van der Waals surface area contributed by atoms with Gasteiger partial charge >= 0.3 is 0 Å². The van der Waals surface area contributed by atoms with Gasteiger partial charge in [-0.15, -0.1) is 0 Å². The highest BCUT2D eigenvalue weighted by Crippen LogP contribution is 2.39. The minimum atomic E-state index is 0.517. The lowest BCUT2D eigenvalue weighted by molar-refractivity contribution is 0.199. The summed E-state index contributed by atoms with van der Waals surface area (Å²) in [5.41, 5.74) is 6.52. The molecule has 1 aromatic heterocycles. The zero-order valence-electron chi connectivity index (χ0n) is 16.3. The van der Waals surface area contributed by atoms with Crippen LogP contribution in [0.5, 0.6) is 0 Å². The SMILES string of the molecule is CC1(CCc2cccc(-c3cccc(-c4ccccc4)c3)n2)CCCCC1. The van der Waals surface area contributed by atoms with Gasteiger partial charge in [-0.1, -0.05) is 80.8 Å². The Morgan fingerprint density at radius 1 is 0.741 bits per heavy atom. The van der Waals surface area contributed by atoms with E-state index in [-0.39, 0.29) is 0 Å². The van der Waals surface area contributed by atoms with Gasteiger partial charge in [0.05, 0.1) is 5.69 Å². The van der Waals surface area contributed by atoms with Crippen LogP contribution < -0.4 is 0 Å². The van der Waals surface area contributed by atoms with E-state index in [0.717, 1.165) is 12.1 Å². The van der Waals surface area contributed by atoms with Gasteiger partial charge in [-0.25, -0.2) is 0 Å². The number of nitrogens with zero attached hydrogens (tertiary/aromatic N) is 1. The molecule has 3 aromatic rings. The molecular weight excluding hydrogens is 326 g/mol. The minimum Gasteiger partial charge on any atom is -0.253 e. The van der Waals surface area contributed by atoms with Crippen LogP contribution in [0.3, 0.4) is 0 Å². The van der Waals surface area contributed by atoms with E-state index in [0.29, 0.717) is 5.41 Å². The molecule has 0 atom stereocenters. The maximum atomic E-state index is 4.99. The molecule has 1 saturated carbocycles. The molecule has 1 heterocycles. The van der Waals surface area contributed by atoms with E-state index in [4.69, 9.17) is 4.98 Å². The van der Waals surface area contributed by atoms with Crippen molar-refractivity contribution in [1.82, 2.24) is 4.98 Å². The maximum absolute atomic E-state index is 4.99. The van der Waals surface area contributed by atoms with E-state index < -0.39 is 0 Å². The zero-order chi connectivity index (χ0) is 18.5. The predicted molar refractivity (Wildman–Crippen MR) is 115 cm³/mol. The van der Waals surface area contributed by atoms with Gasteiger partial charge < -0.3 is 0 Å². The Morgan fingerprint density at radius 3 is 2.26 bits per heavy atom. The summed E-state index contributed by atoms with van der Waals surface area (Å²) in [5.74, 6) is 0. The Kier molecular flexibility index (Phi) is 5.38. The van der Waals surface area contributed by atoms with E-state index in [1.807, 2.05) is 0 Å². The van der Waals surface area contributed by atoms with Crippen LogP contribution in [0, 0.1) is 5.41 Å². The van der Waals surface area contributed by atoms with Gasteiger partial charge in [-0.05, 0) is 60.4 Å². The van der Waals surface area contributed by atoms with Gasteiger partial charge in [0.2, 0.25) is 0 Å². The number of hydrogen-bond donors (Lipinski definition) is 0. The molecule has 4 rings (SSSR count). The summed E-state index contributed by atoms with van der Waals surface area (Å²) in [6.07, 6.45) is 9.32. The van der Waals surface area contributed by atoms with Crippen molar-refractivity contribution in [1.29, 1.82) is 0 Å². The number of aromatic nitrogens is 1. The minimum absolute atomic E-state index is 0.517. The van der Waals surface area contributed by atoms with Crippen LogP contribution >= 0.6 is 0 Å². The highest BCUT2D eigenvalue weighted by molar-refractivity contribution is 5.71. The van der Waals surface area contributed by atoms with Crippen molar-refractivity contribution in [2.24, 2.45) is 5.41 Å². The van der Waals surface area contributed by atoms with E-state index in [2.05, 4.69) is 79.7 Å². The molecular formula is C26H29N. The van der Waals surface area contributed by atoms with Gasteiger partial charge in [0.15, 0.2) is 0 Å². The zero-order valence-corrected chi connectivity index (χ0v) is 16.3. The third-order valence-corrected chi connectivity index (χ3v) is 6.12. The summed E-state index contributed by atoms with van der Waals surface area (Å²) in [5, 5.41) is 0. The van der Waals surface area contributed by atoms with Gasteiger partial charge in [0.1, 0.15) is 0 Å². The maximum Gasteiger partial charge on any atom is 0.0705 e. The largest absolute Gasteiger partial charge is 0.253 e. The molecule has 27 heavy (non-hydrogen) atoms. The van der Waals surface area contributed by atoms with Gasteiger partial charge in [0, 0.05) is 11.3 Å². The topological polar surface area (TPSA) is 12.9 Å². The second-order valence-corrected chi connectivity index (χ2v) is 8.33. The van der Waals surface area contributed by atoms with E-state index >= 15 is 0 Å². The van der Waals surface area contributed by atoms with Crippen LogP contribution in [0.1, 0.15) is 51.1 Å². The standard InChI is InChI=1S/C26H29N/c1-26(17-6-3-7-18-26)19-16-24-14-9-15-25(27-24)23-13-8-12-22(20-23)21-10-4-2-5-11-21/h2,4-5,8-15,20H,3,6-7,16-19H2,1H3. The number of aryl methyl sites for hydroxylation is 1. The quantitative estimate of drug-likeness (QED) is 0.467. The number of rotatable bonds is 5. The van der Waals surface area contributed by atoms with Crippen molar-refractivity contribution >= 4 is 0 Å². The monoisotopic (exact) mass is 355 g/mol. The average Bonchev–Trinajstić information content (AvgIpc) is 2.74. The molecule has 1 nitrogen and oxygen atoms in total. The molecule has 138 valence electrons. The molecule has 0 radical (unpaired) electrons. The fourth-order valence-corrected chi connectivity index (χ4v) is 4.35. The average molecular weight is 356 g/mol. The van der Waals surface area contributed by atoms with Crippen molar-refractivity contribution < 1.29 is 0 Å². The van der Waals surface area contributed by atoms with E-state index in [1.54, 1.807) is 0 Å². The second-order valence-electron chi connectivity index (χ2n) is 8.33. The van der Waals surface area contributed by atoms with Crippen molar-refractivity contribution in [3.63, 3.8) is 0 Å². The lowest BCUT2D eigenvalue weighted by Crippen LogP contribution is -2.21. The first kappa shape index (κ1) is 18.0. The third-order valence-electron chi connectivity index (χ3n) is 6.12. The van der Waals surface area contributed by atoms with Gasteiger partial charge in [-0.2, -0.15) is 0 Å². The van der Waals surface area contributed by atoms with Crippen LogP contribution in [-0.4, -0.2) is 4.98 Å². The number of pyridine rings is 1. The smallest absolute Gasteiger partial charge is 0.0705 e. The molecule has 1 fully saturated rings. The summed E-state index contributed by atoms with van der Waals surface area (Å²) in [6.45, 7) is 2.47. The lowest BCUT2D eigenvalue weighted by Gasteiger charge is -2.33. The fourth-order valence-electron chi connectivity index (χ4n) is 4.35. The number of hydrogen-bond acceptors (Lipinski definition) is 1. The molecule has 0 saturated heterocycles. The predicted octanol–water partition coefficient (Wildman–Crippen LogP) is 7.32. The molecule has 1 aliphatic carbocycles. The Bertz CT molecular complexity index is 875. The Morgan fingerprint density at radius 2 is 1.44 bits per heavy atom. The fraction of sp³-hybridized carbons (Fsp3) is 0.346. The molecule has 2 aromatic carbocycles. The molecule has 0 unspecified atom stereocenters. The molecule has 1 heteroatoms. The van der Waals surface area contributed by atoms with Crippen molar-refractivity contribution in [2.45, 2.75) is 51.9 Å². The molecule has 0 aliphatic heterocycles. The first-order valence-electron chi connectivity index (χ1n) is 10.3. The first-order chi connectivity index (χ1) is 13.2. The molecule has 0 amide bonds. The lowest BCUT2D eigenvalue weighted by atomic mass is 9.72. The normalized spacial score (nSPS) is 16.2. The van der Waals surface area contributed by atoms with E-state index in [1.165, 1.54) is 60.9 Å². The van der Waals surface area contributed by atoms with Crippen molar-refractivity contribution in [3.05, 3.63) is 78.5 Å². The second kappa shape index (κ2) is 8.08.